The van der Waals surface area contributed by atoms with Gasteiger partial charge in [0.05, 0.1) is 4.90 Å². The molecule has 0 saturated heterocycles. The zero-order valence-electron chi connectivity index (χ0n) is 10.5. The Balaban J connectivity index is 3.04. The molecule has 1 amide bonds. The van der Waals surface area contributed by atoms with Gasteiger partial charge in [0, 0.05) is 19.8 Å². The quantitative estimate of drug-likeness (QED) is 0.840. The van der Waals surface area contributed by atoms with Crippen molar-refractivity contribution in [3.05, 3.63) is 36.4 Å². The molecule has 98 valence electrons. The molecule has 1 N–H and O–H groups in total. The number of hydrogen-bond acceptors (Lipinski definition) is 3. The van der Waals surface area contributed by atoms with E-state index < -0.39 is 10.0 Å². The van der Waals surface area contributed by atoms with Gasteiger partial charge in [-0.1, -0.05) is 12.1 Å². The van der Waals surface area contributed by atoms with Crippen molar-refractivity contribution in [2.24, 2.45) is 0 Å². The van der Waals surface area contributed by atoms with Crippen molar-refractivity contribution in [1.29, 1.82) is 0 Å². The van der Waals surface area contributed by atoms with Gasteiger partial charge in [-0.15, -0.1) is 0 Å². The van der Waals surface area contributed by atoms with Crippen LogP contribution in [0.3, 0.4) is 0 Å². The van der Waals surface area contributed by atoms with Crippen LogP contribution in [-0.4, -0.2) is 32.7 Å². The molecule has 0 unspecified atom stereocenters. The van der Waals surface area contributed by atoms with E-state index in [-0.39, 0.29) is 10.8 Å². The fourth-order valence-electron chi connectivity index (χ4n) is 1.28. The number of hydrogen-bond donors (Lipinski definition) is 1. The Morgan fingerprint density at radius 2 is 2.00 bits per heavy atom. The van der Waals surface area contributed by atoms with Crippen LogP contribution in [0.15, 0.2) is 41.3 Å². The van der Waals surface area contributed by atoms with Crippen molar-refractivity contribution in [2.45, 2.75) is 11.8 Å². The van der Waals surface area contributed by atoms with Crippen molar-refractivity contribution in [3.63, 3.8) is 0 Å². The molecule has 0 radical (unpaired) electrons. The van der Waals surface area contributed by atoms with Gasteiger partial charge < -0.3 is 5.32 Å². The van der Waals surface area contributed by atoms with Crippen LogP contribution in [-0.2, 0) is 14.8 Å². The first kappa shape index (κ1) is 14.4. The molecule has 0 saturated carbocycles. The number of nitrogens with one attached hydrogen (secondary N) is 1. The van der Waals surface area contributed by atoms with Crippen LogP contribution in [0.5, 0.6) is 0 Å². The molecule has 18 heavy (non-hydrogen) atoms. The highest BCUT2D eigenvalue weighted by molar-refractivity contribution is 7.89. The molecule has 0 aliphatic carbocycles. The molecule has 6 heteroatoms. The lowest BCUT2D eigenvalue weighted by Crippen LogP contribution is -2.22. The molecule has 0 fully saturated rings. The lowest BCUT2D eigenvalue weighted by Gasteiger charge is -2.12. The summed E-state index contributed by atoms with van der Waals surface area (Å²) in [6.45, 7) is 1.73. The Kier molecular flexibility index (Phi) is 4.63. The second-order valence-corrected chi connectivity index (χ2v) is 5.96. The van der Waals surface area contributed by atoms with E-state index >= 15 is 0 Å². The summed E-state index contributed by atoms with van der Waals surface area (Å²) in [4.78, 5) is 11.5. The number of carbonyl (C=O) groups is 1. The smallest absolute Gasteiger partial charge is 0.248 e. The van der Waals surface area contributed by atoms with Gasteiger partial charge in [0.15, 0.2) is 0 Å². The summed E-state index contributed by atoms with van der Waals surface area (Å²) in [7, 11) is -0.566. The predicted octanol–water partition coefficient (Wildman–Crippen LogP) is 1.45. The number of carbonyl (C=O) groups excluding carboxylic acids is 1. The summed E-state index contributed by atoms with van der Waals surface area (Å²) < 4.78 is 24.9. The van der Waals surface area contributed by atoms with Crippen LogP contribution in [0.1, 0.15) is 6.92 Å². The highest BCUT2D eigenvalue weighted by atomic mass is 32.2. The SMILES string of the molecule is C/C=C/C(=O)Nc1cccc(S(=O)(=O)N(C)C)c1. The highest BCUT2D eigenvalue weighted by Crippen LogP contribution is 2.17. The largest absolute Gasteiger partial charge is 0.322 e. The molecule has 0 spiro atoms. The normalized spacial score (nSPS) is 12.0. The molecule has 0 aliphatic rings. The van der Waals surface area contributed by atoms with Gasteiger partial charge >= 0.3 is 0 Å². The first-order valence-electron chi connectivity index (χ1n) is 5.34. The number of amides is 1. The van der Waals surface area contributed by atoms with Crippen LogP contribution >= 0.6 is 0 Å². The number of allylic oxidation sites excluding steroid dienone is 1. The second kappa shape index (κ2) is 5.79. The van der Waals surface area contributed by atoms with Crippen LogP contribution in [0, 0.1) is 0 Å². The molecular formula is C12H16N2O3S. The van der Waals surface area contributed by atoms with Crippen molar-refractivity contribution < 1.29 is 13.2 Å². The molecular weight excluding hydrogens is 252 g/mol. The average molecular weight is 268 g/mol. The van der Waals surface area contributed by atoms with Crippen LogP contribution in [0.25, 0.3) is 0 Å². The summed E-state index contributed by atoms with van der Waals surface area (Å²) in [5.41, 5.74) is 0.445. The van der Waals surface area contributed by atoms with Gasteiger partial charge in [-0.05, 0) is 31.2 Å². The zero-order valence-corrected chi connectivity index (χ0v) is 11.4. The van der Waals surface area contributed by atoms with Crippen molar-refractivity contribution in [3.8, 4) is 0 Å². The minimum absolute atomic E-state index is 0.144. The van der Waals surface area contributed by atoms with E-state index in [9.17, 15) is 13.2 Å². The van der Waals surface area contributed by atoms with Crippen molar-refractivity contribution in [1.82, 2.24) is 4.31 Å². The average Bonchev–Trinajstić information content (AvgIpc) is 2.29. The summed E-state index contributed by atoms with van der Waals surface area (Å²) in [5.74, 6) is -0.295. The monoisotopic (exact) mass is 268 g/mol. The van der Waals surface area contributed by atoms with Gasteiger partial charge in [-0.2, -0.15) is 0 Å². The number of nitrogens with zero attached hydrogens (tertiary/aromatic N) is 1. The van der Waals surface area contributed by atoms with Gasteiger partial charge in [0.1, 0.15) is 0 Å². The van der Waals surface area contributed by atoms with E-state index in [1.165, 1.54) is 32.3 Å². The van der Waals surface area contributed by atoms with Crippen molar-refractivity contribution >= 4 is 21.6 Å². The van der Waals surface area contributed by atoms with E-state index in [1.54, 1.807) is 25.1 Å². The maximum absolute atomic E-state index is 11.9. The second-order valence-electron chi connectivity index (χ2n) is 3.80. The highest BCUT2D eigenvalue weighted by Gasteiger charge is 2.17. The molecule has 0 heterocycles. The van der Waals surface area contributed by atoms with E-state index in [1.807, 2.05) is 0 Å². The third-order valence-electron chi connectivity index (χ3n) is 2.20. The molecule has 1 aromatic carbocycles. The molecule has 0 atom stereocenters. The Labute approximate surface area is 107 Å². The summed E-state index contributed by atoms with van der Waals surface area (Å²) >= 11 is 0. The number of sulfonamides is 1. The van der Waals surface area contributed by atoms with Crippen LogP contribution in [0.4, 0.5) is 5.69 Å². The minimum Gasteiger partial charge on any atom is -0.322 e. The summed E-state index contributed by atoms with van der Waals surface area (Å²) in [5, 5.41) is 2.59. The lowest BCUT2D eigenvalue weighted by molar-refractivity contribution is -0.111. The van der Waals surface area contributed by atoms with Gasteiger partial charge in [0.25, 0.3) is 0 Å². The summed E-state index contributed by atoms with van der Waals surface area (Å²) in [6, 6.07) is 6.13. The fraction of sp³-hybridized carbons (Fsp3) is 0.250. The molecule has 0 aromatic heterocycles. The van der Waals surface area contributed by atoms with Gasteiger partial charge in [-0.3, -0.25) is 4.79 Å². The molecule has 1 rings (SSSR count). The fourth-order valence-corrected chi connectivity index (χ4v) is 2.23. The Morgan fingerprint density at radius 3 is 2.56 bits per heavy atom. The summed E-state index contributed by atoms with van der Waals surface area (Å²) in [6.07, 6.45) is 2.98. The Bertz CT molecular complexity index is 562. The maximum atomic E-state index is 11.9. The third kappa shape index (κ3) is 3.41. The first-order chi connectivity index (χ1) is 8.37. The van der Waals surface area contributed by atoms with Gasteiger partial charge in [-0.25, -0.2) is 12.7 Å². The lowest BCUT2D eigenvalue weighted by atomic mass is 10.3. The minimum atomic E-state index is -3.48. The Hall–Kier alpha value is -1.66. The predicted molar refractivity (Wildman–Crippen MR) is 70.8 cm³/mol. The van der Waals surface area contributed by atoms with Crippen LogP contribution < -0.4 is 5.32 Å². The molecule has 0 aliphatic heterocycles. The van der Waals surface area contributed by atoms with E-state index in [0.717, 1.165) is 4.31 Å². The van der Waals surface area contributed by atoms with Crippen LogP contribution in [0.2, 0.25) is 0 Å². The third-order valence-corrected chi connectivity index (χ3v) is 4.01. The Morgan fingerprint density at radius 1 is 1.33 bits per heavy atom. The molecule has 0 bridgehead atoms. The molecule has 1 aromatic rings. The van der Waals surface area contributed by atoms with E-state index in [4.69, 9.17) is 0 Å². The first-order valence-corrected chi connectivity index (χ1v) is 6.78. The topological polar surface area (TPSA) is 66.5 Å². The van der Waals surface area contributed by atoms with Crippen molar-refractivity contribution in [2.75, 3.05) is 19.4 Å². The standard InChI is InChI=1S/C12H16N2O3S/c1-4-6-12(15)13-10-7-5-8-11(9-10)18(16,17)14(2)3/h4-9H,1-3H3,(H,13,15)/b6-4+. The molecule has 5 nitrogen and oxygen atoms in total. The van der Waals surface area contributed by atoms with E-state index in [2.05, 4.69) is 5.32 Å². The number of rotatable bonds is 4. The maximum Gasteiger partial charge on any atom is 0.248 e. The zero-order chi connectivity index (χ0) is 13.8. The number of benzene rings is 1. The van der Waals surface area contributed by atoms with E-state index in [0.29, 0.717) is 5.69 Å². The number of anilines is 1. The van der Waals surface area contributed by atoms with Gasteiger partial charge in [0.2, 0.25) is 15.9 Å².